The van der Waals surface area contributed by atoms with E-state index in [1.165, 1.54) is 6.92 Å². The molecule has 0 radical (unpaired) electrons. The van der Waals surface area contributed by atoms with Crippen molar-refractivity contribution in [3.8, 4) is 0 Å². The molecular formula is C17H26O4. The van der Waals surface area contributed by atoms with Crippen LogP contribution in [0.1, 0.15) is 47.0 Å². The molecule has 118 valence electrons. The third-order valence-electron chi connectivity index (χ3n) is 6.17. The van der Waals surface area contributed by atoms with E-state index in [1.54, 1.807) is 0 Å². The topological polar surface area (TPSA) is 66.8 Å². The zero-order valence-corrected chi connectivity index (χ0v) is 13.3. The van der Waals surface area contributed by atoms with E-state index in [1.807, 2.05) is 0 Å². The molecule has 3 aliphatic rings. The average molecular weight is 294 g/mol. The number of esters is 1. The predicted octanol–water partition coefficient (Wildman–Crippen LogP) is 2.04. The van der Waals surface area contributed by atoms with Crippen molar-refractivity contribution in [2.24, 2.45) is 22.7 Å². The van der Waals surface area contributed by atoms with Gasteiger partial charge in [0.25, 0.3) is 0 Å². The molecule has 5 atom stereocenters. The molecular weight excluding hydrogens is 268 g/mol. The van der Waals surface area contributed by atoms with Gasteiger partial charge in [-0.05, 0) is 42.1 Å². The maximum Gasteiger partial charge on any atom is 0.302 e. The number of aliphatic hydroxyl groups is 2. The van der Waals surface area contributed by atoms with Gasteiger partial charge in [0.2, 0.25) is 0 Å². The summed E-state index contributed by atoms with van der Waals surface area (Å²) >= 11 is 0. The highest BCUT2D eigenvalue weighted by Gasteiger charge is 2.63. The Morgan fingerprint density at radius 2 is 1.95 bits per heavy atom. The Kier molecular flexibility index (Phi) is 3.27. The van der Waals surface area contributed by atoms with Gasteiger partial charge in [0.15, 0.2) is 0 Å². The van der Waals surface area contributed by atoms with Crippen LogP contribution in [0.15, 0.2) is 11.1 Å². The van der Waals surface area contributed by atoms with Crippen molar-refractivity contribution >= 4 is 5.97 Å². The molecule has 0 spiro atoms. The van der Waals surface area contributed by atoms with E-state index in [0.29, 0.717) is 12.3 Å². The Morgan fingerprint density at radius 3 is 2.52 bits per heavy atom. The zero-order chi connectivity index (χ0) is 15.6. The highest BCUT2D eigenvalue weighted by atomic mass is 16.5. The normalized spacial score (nSPS) is 43.9. The summed E-state index contributed by atoms with van der Waals surface area (Å²) < 4.78 is 5.15. The first-order chi connectivity index (χ1) is 9.67. The molecule has 0 aromatic rings. The van der Waals surface area contributed by atoms with Gasteiger partial charge >= 0.3 is 5.97 Å². The van der Waals surface area contributed by atoms with E-state index in [9.17, 15) is 15.0 Å². The molecule has 0 aliphatic heterocycles. The number of hydrogen-bond acceptors (Lipinski definition) is 4. The summed E-state index contributed by atoms with van der Waals surface area (Å²) in [6.45, 7) is 8.14. The molecule has 5 unspecified atom stereocenters. The lowest BCUT2D eigenvalue weighted by atomic mass is 9.49. The third kappa shape index (κ3) is 2.07. The maximum atomic E-state index is 11.1. The second kappa shape index (κ2) is 4.56. The molecule has 0 heterocycles. The summed E-state index contributed by atoms with van der Waals surface area (Å²) in [7, 11) is 0. The second-order valence-corrected chi connectivity index (χ2v) is 8.07. The SMILES string of the molecule is CC(=O)OCC1=C2CC(O)C2(C)C2CC(C)(C)CC2C1O. The van der Waals surface area contributed by atoms with Gasteiger partial charge in [0.1, 0.15) is 6.61 Å². The summed E-state index contributed by atoms with van der Waals surface area (Å²) in [4.78, 5) is 11.1. The fourth-order valence-corrected chi connectivity index (χ4v) is 5.03. The minimum absolute atomic E-state index is 0.161. The predicted molar refractivity (Wildman–Crippen MR) is 78.4 cm³/mol. The molecule has 3 aliphatic carbocycles. The minimum atomic E-state index is -0.535. The largest absolute Gasteiger partial charge is 0.461 e. The summed E-state index contributed by atoms with van der Waals surface area (Å²) in [5.74, 6) is 0.155. The van der Waals surface area contributed by atoms with Gasteiger partial charge in [-0.1, -0.05) is 26.3 Å². The molecule has 0 amide bonds. The monoisotopic (exact) mass is 294 g/mol. The van der Waals surface area contributed by atoms with Crippen molar-refractivity contribution in [3.05, 3.63) is 11.1 Å². The van der Waals surface area contributed by atoms with Crippen molar-refractivity contribution < 1.29 is 19.7 Å². The smallest absolute Gasteiger partial charge is 0.302 e. The molecule has 2 saturated carbocycles. The van der Waals surface area contributed by atoms with Crippen LogP contribution in [0, 0.1) is 22.7 Å². The van der Waals surface area contributed by atoms with Crippen LogP contribution in [-0.2, 0) is 9.53 Å². The van der Waals surface area contributed by atoms with Gasteiger partial charge in [0.05, 0.1) is 12.2 Å². The lowest BCUT2D eigenvalue weighted by Gasteiger charge is -2.57. The van der Waals surface area contributed by atoms with Crippen molar-refractivity contribution in [3.63, 3.8) is 0 Å². The minimum Gasteiger partial charge on any atom is -0.461 e. The fraction of sp³-hybridized carbons (Fsp3) is 0.824. The molecule has 2 N–H and O–H groups in total. The number of aliphatic hydroxyl groups excluding tert-OH is 2. The van der Waals surface area contributed by atoms with E-state index in [0.717, 1.165) is 24.0 Å². The van der Waals surface area contributed by atoms with E-state index in [4.69, 9.17) is 4.74 Å². The number of hydrogen-bond donors (Lipinski definition) is 2. The summed E-state index contributed by atoms with van der Waals surface area (Å²) in [5, 5.41) is 21.2. The van der Waals surface area contributed by atoms with Crippen LogP contribution in [0.2, 0.25) is 0 Å². The standard InChI is InChI=1S/C17H26O4/c1-9(18)21-8-11-12-5-14(19)17(12,4)13-7-16(2,3)6-10(13)15(11)20/h10,13-15,19-20H,5-8H2,1-4H3. The number of ether oxygens (including phenoxy) is 1. The van der Waals surface area contributed by atoms with E-state index in [2.05, 4.69) is 20.8 Å². The van der Waals surface area contributed by atoms with Crippen LogP contribution in [0.5, 0.6) is 0 Å². The molecule has 4 nitrogen and oxygen atoms in total. The Bertz CT molecular complexity index is 507. The Hall–Kier alpha value is -0.870. The van der Waals surface area contributed by atoms with Crippen LogP contribution >= 0.6 is 0 Å². The van der Waals surface area contributed by atoms with Crippen LogP contribution in [0.3, 0.4) is 0 Å². The zero-order valence-electron chi connectivity index (χ0n) is 13.3. The summed E-state index contributed by atoms with van der Waals surface area (Å²) in [6, 6.07) is 0. The van der Waals surface area contributed by atoms with E-state index in [-0.39, 0.29) is 35.4 Å². The number of carbonyl (C=O) groups is 1. The van der Waals surface area contributed by atoms with Gasteiger partial charge in [0, 0.05) is 12.3 Å². The Morgan fingerprint density at radius 1 is 1.29 bits per heavy atom. The Balaban J connectivity index is 1.97. The number of fused-ring (bicyclic) bond motifs is 3. The summed E-state index contributed by atoms with van der Waals surface area (Å²) in [5.41, 5.74) is 1.92. The van der Waals surface area contributed by atoms with Crippen molar-refractivity contribution in [2.45, 2.75) is 59.2 Å². The molecule has 0 aromatic heterocycles. The first-order valence-corrected chi connectivity index (χ1v) is 7.88. The van der Waals surface area contributed by atoms with Gasteiger partial charge in [-0.2, -0.15) is 0 Å². The highest BCUT2D eigenvalue weighted by Crippen LogP contribution is 2.66. The maximum absolute atomic E-state index is 11.1. The molecule has 2 fully saturated rings. The molecule has 0 aromatic carbocycles. The number of rotatable bonds is 2. The first kappa shape index (κ1) is 15.0. The van der Waals surface area contributed by atoms with Crippen LogP contribution in [0.4, 0.5) is 0 Å². The lowest BCUT2D eigenvalue weighted by Crippen LogP contribution is -2.57. The van der Waals surface area contributed by atoms with Gasteiger partial charge < -0.3 is 14.9 Å². The van der Waals surface area contributed by atoms with Crippen molar-refractivity contribution in [2.75, 3.05) is 6.61 Å². The van der Waals surface area contributed by atoms with Crippen LogP contribution in [-0.4, -0.2) is 35.0 Å². The number of carbonyl (C=O) groups excluding carboxylic acids is 1. The van der Waals surface area contributed by atoms with E-state index < -0.39 is 6.10 Å². The van der Waals surface area contributed by atoms with Gasteiger partial charge in [-0.3, -0.25) is 4.79 Å². The molecule has 0 saturated heterocycles. The van der Waals surface area contributed by atoms with E-state index >= 15 is 0 Å². The molecule has 3 rings (SSSR count). The quantitative estimate of drug-likeness (QED) is 0.604. The average Bonchev–Trinajstić information content (AvgIpc) is 2.71. The molecule has 0 bridgehead atoms. The fourth-order valence-electron chi connectivity index (χ4n) is 5.03. The van der Waals surface area contributed by atoms with Gasteiger partial charge in [-0.15, -0.1) is 0 Å². The van der Waals surface area contributed by atoms with Crippen LogP contribution < -0.4 is 0 Å². The molecule has 21 heavy (non-hydrogen) atoms. The second-order valence-electron chi connectivity index (χ2n) is 8.07. The van der Waals surface area contributed by atoms with Crippen LogP contribution in [0.25, 0.3) is 0 Å². The molecule has 4 heteroatoms. The van der Waals surface area contributed by atoms with Crippen molar-refractivity contribution in [1.29, 1.82) is 0 Å². The lowest BCUT2D eigenvalue weighted by molar-refractivity contribution is -0.141. The summed E-state index contributed by atoms with van der Waals surface area (Å²) in [6.07, 6.45) is 1.72. The third-order valence-corrected chi connectivity index (χ3v) is 6.17. The highest BCUT2D eigenvalue weighted by molar-refractivity contribution is 5.66. The first-order valence-electron chi connectivity index (χ1n) is 7.88. The Labute approximate surface area is 126 Å². The van der Waals surface area contributed by atoms with Crippen molar-refractivity contribution in [1.82, 2.24) is 0 Å². The van der Waals surface area contributed by atoms with Gasteiger partial charge in [-0.25, -0.2) is 0 Å².